The predicted molar refractivity (Wildman–Crippen MR) is 99.0 cm³/mol. The molecule has 0 bridgehead atoms. The molecule has 0 amide bonds. The van der Waals surface area contributed by atoms with Crippen molar-refractivity contribution < 1.29 is 0 Å². The highest BCUT2D eigenvalue weighted by atomic mass is 14.2. The summed E-state index contributed by atoms with van der Waals surface area (Å²) >= 11 is 0. The lowest BCUT2D eigenvalue weighted by Crippen LogP contribution is -2.06. The number of benzene rings is 3. The summed E-state index contributed by atoms with van der Waals surface area (Å²) in [4.78, 5) is 0. The first-order chi connectivity index (χ1) is 11.3. The van der Waals surface area contributed by atoms with Crippen LogP contribution in [0.2, 0.25) is 0 Å². The second-order valence-electron chi connectivity index (χ2n) is 6.29. The van der Waals surface area contributed by atoms with Crippen LogP contribution < -0.4 is 0 Å². The maximum absolute atomic E-state index is 2.29. The molecule has 0 saturated carbocycles. The summed E-state index contributed by atoms with van der Waals surface area (Å²) in [6.45, 7) is 4.45. The molecule has 0 aliphatic heterocycles. The lowest BCUT2D eigenvalue weighted by molar-refractivity contribution is 0.707. The molecular weight excluding hydrogens is 276 g/mol. The van der Waals surface area contributed by atoms with Crippen molar-refractivity contribution >= 4 is 0 Å². The maximum atomic E-state index is 2.29. The second kappa shape index (κ2) is 7.28. The smallest absolute Gasteiger partial charge is 0.00977 e. The molecular formula is C23H24. The zero-order valence-corrected chi connectivity index (χ0v) is 14.0. The number of rotatable bonds is 5. The SMILES string of the molecule is Cc1ccccc1C(CCc1ccccc1)c1ccccc1C. The van der Waals surface area contributed by atoms with Crippen LogP contribution in [0.1, 0.15) is 40.2 Å². The van der Waals surface area contributed by atoms with Crippen LogP contribution in [0.25, 0.3) is 0 Å². The Morgan fingerprint density at radius 1 is 0.609 bits per heavy atom. The van der Waals surface area contributed by atoms with Crippen molar-refractivity contribution in [3.8, 4) is 0 Å². The fourth-order valence-corrected chi connectivity index (χ4v) is 3.39. The molecule has 0 fully saturated rings. The molecule has 0 saturated heterocycles. The van der Waals surface area contributed by atoms with E-state index < -0.39 is 0 Å². The van der Waals surface area contributed by atoms with Crippen LogP contribution in [0, 0.1) is 13.8 Å². The summed E-state index contributed by atoms with van der Waals surface area (Å²) in [7, 11) is 0. The number of hydrogen-bond donors (Lipinski definition) is 0. The van der Waals surface area contributed by atoms with E-state index in [1.165, 1.54) is 27.8 Å². The Hall–Kier alpha value is -2.34. The molecule has 0 atom stereocenters. The zero-order valence-electron chi connectivity index (χ0n) is 14.0. The minimum absolute atomic E-state index is 0.456. The van der Waals surface area contributed by atoms with Crippen molar-refractivity contribution in [1.82, 2.24) is 0 Å². The lowest BCUT2D eigenvalue weighted by atomic mass is 9.82. The summed E-state index contributed by atoms with van der Waals surface area (Å²) in [6, 6.07) is 28.4. The van der Waals surface area contributed by atoms with Gasteiger partial charge in [0.15, 0.2) is 0 Å². The van der Waals surface area contributed by atoms with E-state index >= 15 is 0 Å². The van der Waals surface area contributed by atoms with Crippen LogP contribution in [0.3, 0.4) is 0 Å². The first-order valence-electron chi connectivity index (χ1n) is 8.40. The third-order valence-corrected chi connectivity index (χ3v) is 4.69. The fourth-order valence-electron chi connectivity index (χ4n) is 3.39. The minimum atomic E-state index is 0.456. The first kappa shape index (κ1) is 15.6. The molecule has 0 nitrogen and oxygen atoms in total. The molecule has 0 spiro atoms. The fraction of sp³-hybridized carbons (Fsp3) is 0.217. The van der Waals surface area contributed by atoms with Crippen LogP contribution >= 0.6 is 0 Å². The third kappa shape index (κ3) is 3.71. The van der Waals surface area contributed by atoms with Crippen LogP contribution in [0.5, 0.6) is 0 Å². The van der Waals surface area contributed by atoms with Gasteiger partial charge in [0.25, 0.3) is 0 Å². The summed E-state index contributed by atoms with van der Waals surface area (Å²) < 4.78 is 0. The highest BCUT2D eigenvalue weighted by molar-refractivity contribution is 5.41. The van der Waals surface area contributed by atoms with Crippen molar-refractivity contribution in [3.05, 3.63) is 107 Å². The summed E-state index contributed by atoms with van der Waals surface area (Å²) in [5.41, 5.74) is 7.10. The van der Waals surface area contributed by atoms with E-state index in [0.717, 1.165) is 12.8 Å². The van der Waals surface area contributed by atoms with Crippen molar-refractivity contribution in [2.75, 3.05) is 0 Å². The molecule has 23 heavy (non-hydrogen) atoms. The molecule has 0 heteroatoms. The third-order valence-electron chi connectivity index (χ3n) is 4.69. The largest absolute Gasteiger partial charge is 0.0622 e. The van der Waals surface area contributed by atoms with E-state index in [0.29, 0.717) is 5.92 Å². The van der Waals surface area contributed by atoms with Gasteiger partial charge in [0, 0.05) is 5.92 Å². The molecule has 0 heterocycles. The normalized spacial score (nSPS) is 10.9. The van der Waals surface area contributed by atoms with Gasteiger partial charge in [-0.2, -0.15) is 0 Å². The Labute approximate surface area is 139 Å². The minimum Gasteiger partial charge on any atom is -0.0622 e. The molecule has 0 radical (unpaired) electrons. The number of aryl methyl sites for hydroxylation is 3. The first-order valence-corrected chi connectivity index (χ1v) is 8.40. The molecule has 3 aromatic rings. The van der Waals surface area contributed by atoms with E-state index in [1.54, 1.807) is 0 Å². The highest BCUT2D eigenvalue weighted by Crippen LogP contribution is 2.33. The van der Waals surface area contributed by atoms with E-state index in [9.17, 15) is 0 Å². The second-order valence-corrected chi connectivity index (χ2v) is 6.29. The molecule has 0 aliphatic carbocycles. The van der Waals surface area contributed by atoms with Gasteiger partial charge in [-0.3, -0.25) is 0 Å². The van der Waals surface area contributed by atoms with Crippen LogP contribution in [0.4, 0.5) is 0 Å². The van der Waals surface area contributed by atoms with E-state index in [4.69, 9.17) is 0 Å². The van der Waals surface area contributed by atoms with E-state index in [1.807, 2.05) is 0 Å². The van der Waals surface area contributed by atoms with Gasteiger partial charge >= 0.3 is 0 Å². The average molecular weight is 300 g/mol. The Balaban J connectivity index is 1.94. The maximum Gasteiger partial charge on any atom is 0.00977 e. The van der Waals surface area contributed by atoms with Gasteiger partial charge in [0.1, 0.15) is 0 Å². The van der Waals surface area contributed by atoms with Crippen molar-refractivity contribution in [2.45, 2.75) is 32.6 Å². The van der Waals surface area contributed by atoms with Crippen LogP contribution in [0.15, 0.2) is 78.9 Å². The quantitative estimate of drug-likeness (QED) is 0.536. The Kier molecular flexibility index (Phi) is 4.92. The molecule has 116 valence electrons. The van der Waals surface area contributed by atoms with Gasteiger partial charge in [-0.1, -0.05) is 78.9 Å². The summed E-state index contributed by atoms with van der Waals surface area (Å²) in [5.74, 6) is 0.456. The molecule has 0 N–H and O–H groups in total. The van der Waals surface area contributed by atoms with Gasteiger partial charge in [-0.15, -0.1) is 0 Å². The van der Waals surface area contributed by atoms with Crippen LogP contribution in [-0.4, -0.2) is 0 Å². The van der Waals surface area contributed by atoms with Crippen molar-refractivity contribution in [1.29, 1.82) is 0 Å². The summed E-state index contributed by atoms with van der Waals surface area (Å²) in [6.07, 6.45) is 2.24. The standard InChI is InChI=1S/C23H24/c1-18-10-6-8-14-21(18)23(22-15-9-7-11-19(22)2)17-16-20-12-4-3-5-13-20/h3-15,23H,16-17H2,1-2H3. The molecule has 0 aromatic heterocycles. The molecule has 0 aliphatic rings. The Morgan fingerprint density at radius 3 is 1.61 bits per heavy atom. The Morgan fingerprint density at radius 2 is 1.09 bits per heavy atom. The highest BCUT2D eigenvalue weighted by Gasteiger charge is 2.17. The van der Waals surface area contributed by atoms with Gasteiger partial charge in [0.2, 0.25) is 0 Å². The molecule has 3 rings (SSSR count). The number of hydrogen-bond acceptors (Lipinski definition) is 0. The topological polar surface area (TPSA) is 0 Å². The van der Waals surface area contributed by atoms with E-state index in [-0.39, 0.29) is 0 Å². The molecule has 3 aromatic carbocycles. The van der Waals surface area contributed by atoms with Gasteiger partial charge < -0.3 is 0 Å². The monoisotopic (exact) mass is 300 g/mol. The van der Waals surface area contributed by atoms with Gasteiger partial charge in [0.05, 0.1) is 0 Å². The van der Waals surface area contributed by atoms with E-state index in [2.05, 4.69) is 92.7 Å². The Bertz CT molecular complexity index is 710. The van der Waals surface area contributed by atoms with Crippen molar-refractivity contribution in [2.24, 2.45) is 0 Å². The van der Waals surface area contributed by atoms with Gasteiger partial charge in [-0.05, 0) is 54.5 Å². The van der Waals surface area contributed by atoms with Gasteiger partial charge in [-0.25, -0.2) is 0 Å². The molecule has 0 unspecified atom stereocenters. The lowest BCUT2D eigenvalue weighted by Gasteiger charge is -2.22. The predicted octanol–water partition coefficient (Wildman–Crippen LogP) is 6.07. The average Bonchev–Trinajstić information content (AvgIpc) is 2.59. The summed E-state index contributed by atoms with van der Waals surface area (Å²) in [5, 5.41) is 0. The zero-order chi connectivity index (χ0) is 16.1. The van der Waals surface area contributed by atoms with Crippen LogP contribution in [-0.2, 0) is 6.42 Å². The van der Waals surface area contributed by atoms with Crippen molar-refractivity contribution in [3.63, 3.8) is 0 Å².